The van der Waals surface area contributed by atoms with Crippen molar-refractivity contribution in [1.29, 1.82) is 0 Å². The molecule has 0 fully saturated rings. The molecule has 7 heteroatoms. The van der Waals surface area contributed by atoms with Gasteiger partial charge in [0, 0.05) is 0 Å². The van der Waals surface area contributed by atoms with E-state index in [0.29, 0.717) is 6.54 Å². The van der Waals surface area contributed by atoms with Gasteiger partial charge < -0.3 is 16.9 Å². The van der Waals surface area contributed by atoms with E-state index in [1.807, 2.05) is 0 Å². The van der Waals surface area contributed by atoms with Gasteiger partial charge in [0.25, 0.3) is 0 Å². The van der Waals surface area contributed by atoms with Gasteiger partial charge in [-0.2, -0.15) is 0 Å². The van der Waals surface area contributed by atoms with Gasteiger partial charge in [-0.1, -0.05) is 0 Å². The number of likely N-dealkylation sites (N-methyl/N-ethyl adjacent to an activating group) is 1. The Morgan fingerprint density at radius 2 is 2.27 bits per heavy atom. The molecule has 0 aromatic rings. The third-order valence-electron chi connectivity index (χ3n) is 1.04. The molecule has 0 atom stereocenters. The number of rotatable bonds is 4. The number of aliphatic hydroxyl groups is 1. The Morgan fingerprint density at radius 1 is 1.73 bits per heavy atom. The Labute approximate surface area is 88.4 Å². The predicted molar refractivity (Wildman–Crippen MR) is 33.3 cm³/mol. The Bertz CT molecular complexity index is 126. The molecule has 0 saturated carbocycles. The molecular formula is C4H12N3NaO3. The molecule has 0 aliphatic carbocycles. The van der Waals surface area contributed by atoms with Crippen molar-refractivity contribution in [2.75, 3.05) is 19.7 Å². The number of hydrazine groups is 1. The summed E-state index contributed by atoms with van der Waals surface area (Å²) in [5.74, 6) is 0. The molecule has 0 amide bonds. The zero-order chi connectivity index (χ0) is 7.98. The van der Waals surface area contributed by atoms with Gasteiger partial charge in [-0.15, -0.1) is 5.01 Å². The molecule has 0 radical (unpaired) electrons. The van der Waals surface area contributed by atoms with E-state index >= 15 is 0 Å². The van der Waals surface area contributed by atoms with E-state index in [9.17, 15) is 5.21 Å². The molecule has 0 aliphatic rings. The Hall–Kier alpha value is -0.0400. The molecule has 0 unspecified atom stereocenters. The third-order valence-corrected chi connectivity index (χ3v) is 1.04. The molecule has 0 aromatic carbocycles. The maximum absolute atomic E-state index is 10.4. The van der Waals surface area contributed by atoms with Crippen LogP contribution in [-0.4, -0.2) is 40.0 Å². The molecule has 0 bridgehead atoms. The molecule has 0 aliphatic heterocycles. The smallest absolute Gasteiger partial charge is 1.00 e. The summed E-state index contributed by atoms with van der Waals surface area (Å²) in [7, 11) is 0. The minimum absolute atomic E-state index is 0. The average Bonchev–Trinajstić information content (AvgIpc) is 1.99. The van der Waals surface area contributed by atoms with E-state index in [0.717, 1.165) is 5.01 Å². The monoisotopic (exact) mass is 173 g/mol. The van der Waals surface area contributed by atoms with E-state index in [-0.39, 0.29) is 49.1 Å². The first-order valence-electron chi connectivity index (χ1n) is 2.94. The van der Waals surface area contributed by atoms with Crippen LogP contribution in [0.2, 0.25) is 0 Å². The van der Waals surface area contributed by atoms with Crippen molar-refractivity contribution in [3.63, 3.8) is 0 Å². The van der Waals surface area contributed by atoms with Crippen molar-refractivity contribution >= 4 is 0 Å². The molecular weight excluding hydrogens is 161 g/mol. The molecule has 62 valence electrons. The van der Waals surface area contributed by atoms with E-state index in [1.54, 1.807) is 6.92 Å². The number of aliphatic hydroxyl groups excluding tert-OH is 1. The second kappa shape index (κ2) is 8.06. The van der Waals surface area contributed by atoms with Gasteiger partial charge in [-0.25, -0.2) is 0 Å². The fraction of sp³-hybridized carbons (Fsp3) is 1.00. The van der Waals surface area contributed by atoms with Crippen molar-refractivity contribution in [3.05, 3.63) is 5.21 Å². The molecule has 0 heterocycles. The van der Waals surface area contributed by atoms with Crippen LogP contribution in [0.25, 0.3) is 0 Å². The van der Waals surface area contributed by atoms with Crippen LogP contribution in [0.1, 0.15) is 8.35 Å². The van der Waals surface area contributed by atoms with Gasteiger partial charge in [0.1, 0.15) is 0 Å². The maximum atomic E-state index is 10.4. The van der Waals surface area contributed by atoms with Gasteiger partial charge >= 0.3 is 29.6 Å². The zero-order valence-electron chi connectivity index (χ0n) is 7.77. The quantitative estimate of drug-likeness (QED) is 0.202. The van der Waals surface area contributed by atoms with Crippen molar-refractivity contribution in [1.82, 2.24) is 5.01 Å². The summed E-state index contributed by atoms with van der Waals surface area (Å²) in [4.78, 5) is 0.0379. The molecule has 0 aromatic heterocycles. The number of hydrogen-bond acceptors (Lipinski definition) is 3. The second-order valence-corrected chi connectivity index (χ2v) is 1.61. The normalized spacial score (nSPS) is 10.5. The van der Waals surface area contributed by atoms with Gasteiger partial charge in [0.2, 0.25) is 5.28 Å². The molecule has 6 nitrogen and oxygen atoms in total. The Morgan fingerprint density at radius 3 is 2.55 bits per heavy atom. The van der Waals surface area contributed by atoms with Gasteiger partial charge in [-0.05, 0) is 6.92 Å². The molecule has 0 rings (SSSR count). The standard InChI is InChI=1S/C4H11N3O3.Na.H/c1-2-6(3-4-8)7(10)5-9;;/h8-9H,2-4H2,1H3;;/q;+1;-1/b7-5-;;. The van der Waals surface area contributed by atoms with Crippen molar-refractivity contribution in [2.45, 2.75) is 6.92 Å². The summed E-state index contributed by atoms with van der Waals surface area (Å²) >= 11 is 0. The van der Waals surface area contributed by atoms with E-state index < -0.39 is 0 Å². The first kappa shape index (κ1) is 13.5. The van der Waals surface area contributed by atoms with Crippen LogP contribution in [0.3, 0.4) is 0 Å². The maximum Gasteiger partial charge on any atom is 1.00 e. The first-order chi connectivity index (χ1) is 4.76. The molecule has 11 heavy (non-hydrogen) atoms. The van der Waals surface area contributed by atoms with Crippen LogP contribution in [0.15, 0.2) is 5.28 Å². The van der Waals surface area contributed by atoms with Crippen LogP contribution in [0, 0.1) is 5.21 Å². The van der Waals surface area contributed by atoms with Crippen LogP contribution in [0.4, 0.5) is 0 Å². The van der Waals surface area contributed by atoms with Gasteiger partial charge in [0.15, 0.2) is 0 Å². The topological polar surface area (TPSA) is 82.1 Å². The minimum atomic E-state index is -0.137. The van der Waals surface area contributed by atoms with Crippen molar-refractivity contribution in [2.24, 2.45) is 5.28 Å². The third kappa shape index (κ3) is 5.25. The summed E-state index contributed by atoms with van der Waals surface area (Å²) in [6.07, 6.45) is 0. The second-order valence-electron chi connectivity index (χ2n) is 1.61. The summed E-state index contributed by atoms with van der Waals surface area (Å²) in [6, 6.07) is 0. The summed E-state index contributed by atoms with van der Waals surface area (Å²) in [6.45, 7) is 2.14. The summed E-state index contributed by atoms with van der Waals surface area (Å²) in [5.41, 5.74) is 0. The average molecular weight is 173 g/mol. The fourth-order valence-corrected chi connectivity index (χ4v) is 0.537. The van der Waals surface area contributed by atoms with Crippen LogP contribution in [-0.2, 0) is 0 Å². The fourth-order valence-electron chi connectivity index (χ4n) is 0.537. The van der Waals surface area contributed by atoms with Crippen LogP contribution in [0.5, 0.6) is 0 Å². The van der Waals surface area contributed by atoms with Crippen molar-refractivity contribution < 1.29 is 46.3 Å². The van der Waals surface area contributed by atoms with Gasteiger partial charge in [0.05, 0.1) is 24.7 Å². The minimum Gasteiger partial charge on any atom is -1.00 e. The SMILES string of the molecule is CCN(CCO)/[N+]([O-])=N/O.[H-].[Na+]. The van der Waals surface area contributed by atoms with Crippen LogP contribution < -0.4 is 29.6 Å². The van der Waals surface area contributed by atoms with Crippen LogP contribution >= 0.6 is 0 Å². The first-order valence-corrected chi connectivity index (χ1v) is 2.94. The Balaban J connectivity index is -0.000000405. The van der Waals surface area contributed by atoms with Gasteiger partial charge in [-0.3, -0.25) is 0 Å². The molecule has 0 saturated heterocycles. The summed E-state index contributed by atoms with van der Waals surface area (Å²) in [5, 5.41) is 30.3. The van der Waals surface area contributed by atoms with E-state index in [4.69, 9.17) is 10.3 Å². The summed E-state index contributed by atoms with van der Waals surface area (Å²) < 4.78 is 0. The largest absolute Gasteiger partial charge is 1.00 e. The molecule has 2 N–H and O–H groups in total. The van der Waals surface area contributed by atoms with E-state index in [2.05, 4.69) is 5.28 Å². The van der Waals surface area contributed by atoms with Crippen molar-refractivity contribution in [3.8, 4) is 0 Å². The predicted octanol–water partition coefficient (Wildman–Crippen LogP) is -3.32. The zero-order valence-corrected chi connectivity index (χ0v) is 8.77. The van der Waals surface area contributed by atoms with E-state index in [1.165, 1.54) is 0 Å². The number of hydrogen-bond donors (Lipinski definition) is 2. The molecule has 0 spiro atoms. The Kier molecular flexibility index (Phi) is 9.92. The number of nitrogens with zero attached hydrogens (tertiary/aromatic N) is 3.